The fourth-order valence-electron chi connectivity index (χ4n) is 2.40. The Morgan fingerprint density at radius 3 is 2.74 bits per heavy atom. The Kier molecular flexibility index (Phi) is 5.98. The lowest BCUT2D eigenvalue weighted by molar-refractivity contribution is -0.120. The van der Waals surface area contributed by atoms with Crippen LogP contribution in [0.4, 0.5) is 0 Å². The second-order valence-corrected chi connectivity index (χ2v) is 7.96. The molecule has 1 aromatic carbocycles. The fraction of sp³-hybridized carbons (Fsp3) is 0.235. The highest BCUT2D eigenvalue weighted by atomic mass is 35.5. The van der Waals surface area contributed by atoms with Crippen molar-refractivity contribution in [1.29, 1.82) is 0 Å². The van der Waals surface area contributed by atoms with E-state index in [0.29, 0.717) is 26.8 Å². The monoisotopic (exact) mass is 425 g/mol. The summed E-state index contributed by atoms with van der Waals surface area (Å²) in [5.41, 5.74) is 0.786. The van der Waals surface area contributed by atoms with Crippen molar-refractivity contribution in [2.45, 2.75) is 30.3 Å². The van der Waals surface area contributed by atoms with Gasteiger partial charge >= 0.3 is 0 Å². The maximum atomic E-state index is 12.5. The number of benzene rings is 1. The van der Waals surface area contributed by atoms with E-state index in [0.717, 1.165) is 5.56 Å². The molecule has 0 bridgehead atoms. The second-order valence-electron chi connectivity index (χ2n) is 5.81. The van der Waals surface area contributed by atoms with Crippen molar-refractivity contribution in [2.24, 2.45) is 0 Å². The molecule has 0 aliphatic heterocycles. The standard InChI is InChI=1S/C17H17Cl2N5O2S/c1-9(12-6-5-11(18)8-13(12)19)21-16(25)10(2)27-17-23-22-15(24(17)20)14-4-3-7-26-14/h3-10H,20H2,1-2H3,(H,21,25). The number of furan rings is 1. The average Bonchev–Trinajstić information content (AvgIpc) is 3.25. The Morgan fingerprint density at radius 1 is 1.30 bits per heavy atom. The maximum Gasteiger partial charge on any atom is 0.233 e. The van der Waals surface area contributed by atoms with Crippen LogP contribution in [0.15, 0.2) is 46.2 Å². The molecular formula is C17H17Cl2N5O2S. The van der Waals surface area contributed by atoms with Gasteiger partial charge in [-0.3, -0.25) is 4.79 Å². The summed E-state index contributed by atoms with van der Waals surface area (Å²) >= 11 is 13.3. The fourth-order valence-corrected chi connectivity index (χ4v) is 3.76. The van der Waals surface area contributed by atoms with Crippen molar-refractivity contribution in [1.82, 2.24) is 20.2 Å². The summed E-state index contributed by atoms with van der Waals surface area (Å²) in [6.07, 6.45) is 1.52. The zero-order chi connectivity index (χ0) is 19.6. The molecule has 0 spiro atoms. The summed E-state index contributed by atoms with van der Waals surface area (Å²) in [5, 5.41) is 12.0. The molecule has 3 N–H and O–H groups in total. The van der Waals surface area contributed by atoms with Crippen LogP contribution in [0, 0.1) is 0 Å². The molecule has 1 amide bonds. The van der Waals surface area contributed by atoms with Crippen molar-refractivity contribution >= 4 is 40.9 Å². The molecule has 2 atom stereocenters. The number of hydrogen-bond acceptors (Lipinski definition) is 6. The topological polar surface area (TPSA) is 99.0 Å². The third kappa shape index (κ3) is 4.40. The van der Waals surface area contributed by atoms with Gasteiger partial charge in [-0.15, -0.1) is 10.2 Å². The van der Waals surface area contributed by atoms with Gasteiger partial charge in [0.15, 0.2) is 5.76 Å². The first kappa shape index (κ1) is 19.6. The summed E-state index contributed by atoms with van der Waals surface area (Å²) in [7, 11) is 0. The van der Waals surface area contributed by atoms with Crippen molar-refractivity contribution in [2.75, 3.05) is 5.84 Å². The molecule has 2 heterocycles. The van der Waals surface area contributed by atoms with E-state index in [-0.39, 0.29) is 11.9 Å². The minimum absolute atomic E-state index is 0.180. The number of nitrogen functional groups attached to an aromatic ring is 1. The number of carbonyl (C=O) groups is 1. The molecule has 0 radical (unpaired) electrons. The Labute approximate surface area is 170 Å². The summed E-state index contributed by atoms with van der Waals surface area (Å²) in [5.74, 6) is 6.72. The van der Waals surface area contributed by atoms with Crippen LogP contribution < -0.4 is 11.2 Å². The minimum Gasteiger partial charge on any atom is -0.461 e. The molecule has 27 heavy (non-hydrogen) atoms. The number of nitrogens with zero attached hydrogens (tertiary/aromatic N) is 3. The summed E-state index contributed by atoms with van der Waals surface area (Å²) in [6.45, 7) is 3.61. The number of aromatic nitrogens is 3. The van der Waals surface area contributed by atoms with E-state index in [9.17, 15) is 4.79 Å². The minimum atomic E-state index is -0.450. The van der Waals surface area contributed by atoms with Crippen molar-refractivity contribution in [3.63, 3.8) is 0 Å². The third-order valence-electron chi connectivity index (χ3n) is 3.85. The summed E-state index contributed by atoms with van der Waals surface area (Å²) in [6, 6.07) is 8.36. The van der Waals surface area contributed by atoms with E-state index in [2.05, 4.69) is 15.5 Å². The number of thioether (sulfide) groups is 1. The highest BCUT2D eigenvalue weighted by Crippen LogP contribution is 2.28. The molecular weight excluding hydrogens is 409 g/mol. The van der Waals surface area contributed by atoms with Gasteiger partial charge in [0, 0.05) is 10.0 Å². The normalized spacial score (nSPS) is 13.3. The van der Waals surface area contributed by atoms with Crippen LogP contribution in [0.1, 0.15) is 25.5 Å². The lowest BCUT2D eigenvalue weighted by Gasteiger charge is -2.18. The lowest BCUT2D eigenvalue weighted by atomic mass is 10.1. The SMILES string of the molecule is CC(Sc1nnc(-c2ccco2)n1N)C(=O)NC(C)c1ccc(Cl)cc1Cl. The van der Waals surface area contributed by atoms with Crippen LogP contribution in [0.25, 0.3) is 11.6 Å². The Morgan fingerprint density at radius 2 is 2.07 bits per heavy atom. The van der Waals surface area contributed by atoms with E-state index in [1.54, 1.807) is 37.3 Å². The van der Waals surface area contributed by atoms with Crippen LogP contribution in [-0.4, -0.2) is 26.0 Å². The van der Waals surface area contributed by atoms with E-state index in [4.69, 9.17) is 33.5 Å². The zero-order valence-corrected chi connectivity index (χ0v) is 16.8. The Bertz CT molecular complexity index is 945. The molecule has 142 valence electrons. The van der Waals surface area contributed by atoms with Gasteiger partial charge in [0.2, 0.25) is 16.9 Å². The van der Waals surface area contributed by atoms with E-state index in [1.807, 2.05) is 6.92 Å². The second kappa shape index (κ2) is 8.24. The largest absolute Gasteiger partial charge is 0.461 e. The Hall–Kier alpha value is -2.16. The van der Waals surface area contributed by atoms with Gasteiger partial charge in [-0.25, -0.2) is 4.68 Å². The molecule has 10 heteroatoms. The van der Waals surface area contributed by atoms with Crippen molar-refractivity contribution in [3.8, 4) is 11.6 Å². The molecule has 0 fully saturated rings. The smallest absolute Gasteiger partial charge is 0.233 e. The molecule has 2 unspecified atom stereocenters. The maximum absolute atomic E-state index is 12.5. The molecule has 0 saturated carbocycles. The van der Waals surface area contributed by atoms with Crippen molar-refractivity contribution in [3.05, 3.63) is 52.2 Å². The predicted octanol–water partition coefficient (Wildman–Crippen LogP) is 3.92. The quantitative estimate of drug-likeness (QED) is 0.458. The van der Waals surface area contributed by atoms with Crippen LogP contribution in [0.2, 0.25) is 10.0 Å². The zero-order valence-electron chi connectivity index (χ0n) is 14.5. The molecule has 7 nitrogen and oxygen atoms in total. The van der Waals surface area contributed by atoms with E-state index in [1.165, 1.54) is 22.7 Å². The summed E-state index contributed by atoms with van der Waals surface area (Å²) in [4.78, 5) is 12.5. The van der Waals surface area contributed by atoms with Gasteiger partial charge in [0.1, 0.15) is 0 Å². The summed E-state index contributed by atoms with van der Waals surface area (Å²) < 4.78 is 6.57. The van der Waals surface area contributed by atoms with Gasteiger partial charge in [-0.1, -0.05) is 41.0 Å². The molecule has 3 aromatic rings. The molecule has 0 aliphatic carbocycles. The molecule has 2 aromatic heterocycles. The van der Waals surface area contributed by atoms with Gasteiger partial charge in [-0.2, -0.15) is 0 Å². The molecule has 0 aliphatic rings. The first-order valence-corrected chi connectivity index (χ1v) is 9.66. The van der Waals surface area contributed by atoms with E-state index < -0.39 is 5.25 Å². The van der Waals surface area contributed by atoms with Crippen LogP contribution in [-0.2, 0) is 4.79 Å². The number of nitrogens with two attached hydrogens (primary N) is 1. The van der Waals surface area contributed by atoms with Gasteiger partial charge in [0.05, 0.1) is 17.6 Å². The van der Waals surface area contributed by atoms with E-state index >= 15 is 0 Å². The lowest BCUT2D eigenvalue weighted by Crippen LogP contribution is -2.33. The van der Waals surface area contributed by atoms with Crippen molar-refractivity contribution < 1.29 is 9.21 Å². The van der Waals surface area contributed by atoms with Gasteiger partial charge < -0.3 is 15.6 Å². The number of rotatable bonds is 6. The third-order valence-corrected chi connectivity index (χ3v) is 5.46. The van der Waals surface area contributed by atoms with Gasteiger partial charge in [0.25, 0.3) is 0 Å². The first-order chi connectivity index (χ1) is 12.9. The predicted molar refractivity (Wildman–Crippen MR) is 106 cm³/mol. The number of nitrogens with one attached hydrogen (secondary N) is 1. The Balaban J connectivity index is 1.66. The number of halogens is 2. The highest BCUT2D eigenvalue weighted by Gasteiger charge is 2.22. The average molecular weight is 426 g/mol. The number of carbonyl (C=O) groups excluding carboxylic acids is 1. The number of hydrogen-bond donors (Lipinski definition) is 2. The first-order valence-electron chi connectivity index (χ1n) is 8.03. The van der Waals surface area contributed by atoms with Crippen LogP contribution in [0.3, 0.4) is 0 Å². The highest BCUT2D eigenvalue weighted by molar-refractivity contribution is 8.00. The molecule has 0 saturated heterocycles. The van der Waals surface area contributed by atoms with Crippen LogP contribution in [0.5, 0.6) is 0 Å². The molecule has 3 rings (SSSR count). The van der Waals surface area contributed by atoms with Gasteiger partial charge in [-0.05, 0) is 43.7 Å². The van der Waals surface area contributed by atoms with Crippen LogP contribution >= 0.6 is 35.0 Å². The number of amides is 1.